The molecule has 0 saturated heterocycles. The van der Waals surface area contributed by atoms with Crippen LogP contribution in [0.15, 0.2) is 48.9 Å². The second-order valence-corrected chi connectivity index (χ2v) is 5.84. The number of fused-ring (bicyclic) bond motifs is 1. The van der Waals surface area contributed by atoms with E-state index < -0.39 is 0 Å². The second-order valence-electron chi connectivity index (χ2n) is 5.84. The average Bonchev–Trinajstić information content (AvgIpc) is 2.94. The van der Waals surface area contributed by atoms with Crippen LogP contribution < -0.4 is 4.74 Å². The summed E-state index contributed by atoms with van der Waals surface area (Å²) in [6, 6.07) is 10.3. The van der Waals surface area contributed by atoms with Gasteiger partial charge in [-0.3, -0.25) is 4.98 Å². The smallest absolute Gasteiger partial charge is 0.129 e. The molecule has 3 nitrogen and oxygen atoms in total. The maximum Gasteiger partial charge on any atom is 0.129 e. The first-order chi connectivity index (χ1) is 10.7. The highest BCUT2D eigenvalue weighted by Gasteiger charge is 2.19. The standard InChI is InChI=1S/C19H22N2O/c1-4-15(14-7-6-10-20-11-14)16-12-21-17-8-5-9-18(19(16)17)22-13(2)3/h5-13,15,21H,4H2,1-3H3. The molecule has 2 heterocycles. The molecule has 0 aliphatic rings. The minimum Gasteiger partial charge on any atom is -0.490 e. The van der Waals surface area contributed by atoms with Gasteiger partial charge in [0.05, 0.1) is 6.10 Å². The van der Waals surface area contributed by atoms with Crippen molar-refractivity contribution in [3.8, 4) is 5.75 Å². The number of aromatic amines is 1. The van der Waals surface area contributed by atoms with E-state index in [9.17, 15) is 0 Å². The molecule has 0 aliphatic carbocycles. The van der Waals surface area contributed by atoms with Crippen LogP contribution in [0.5, 0.6) is 5.75 Å². The third-order valence-corrected chi connectivity index (χ3v) is 3.93. The summed E-state index contributed by atoms with van der Waals surface area (Å²) in [6.45, 7) is 6.33. The zero-order chi connectivity index (χ0) is 15.5. The molecule has 3 heteroatoms. The Morgan fingerprint density at radius 3 is 2.73 bits per heavy atom. The summed E-state index contributed by atoms with van der Waals surface area (Å²) < 4.78 is 6.02. The summed E-state index contributed by atoms with van der Waals surface area (Å²) in [4.78, 5) is 7.66. The van der Waals surface area contributed by atoms with Crippen LogP contribution in [0.25, 0.3) is 10.9 Å². The zero-order valence-corrected chi connectivity index (χ0v) is 13.3. The number of nitrogens with one attached hydrogen (secondary N) is 1. The number of rotatable bonds is 5. The van der Waals surface area contributed by atoms with E-state index >= 15 is 0 Å². The molecule has 0 fully saturated rings. The molecule has 1 unspecified atom stereocenters. The molecule has 2 aromatic heterocycles. The van der Waals surface area contributed by atoms with Crippen LogP contribution >= 0.6 is 0 Å². The van der Waals surface area contributed by atoms with E-state index in [-0.39, 0.29) is 6.10 Å². The van der Waals surface area contributed by atoms with Crippen LogP contribution in [0.1, 0.15) is 44.2 Å². The zero-order valence-electron chi connectivity index (χ0n) is 13.3. The number of pyridine rings is 1. The van der Waals surface area contributed by atoms with Crippen molar-refractivity contribution in [3.05, 3.63) is 60.0 Å². The van der Waals surface area contributed by atoms with Crippen molar-refractivity contribution in [1.29, 1.82) is 0 Å². The lowest BCUT2D eigenvalue weighted by atomic mass is 9.89. The van der Waals surface area contributed by atoms with Gasteiger partial charge in [0.25, 0.3) is 0 Å². The molecule has 1 N–H and O–H groups in total. The quantitative estimate of drug-likeness (QED) is 0.727. The number of hydrogen-bond donors (Lipinski definition) is 1. The first-order valence-corrected chi connectivity index (χ1v) is 7.87. The van der Waals surface area contributed by atoms with Gasteiger partial charge in [-0.25, -0.2) is 0 Å². The van der Waals surface area contributed by atoms with Crippen molar-refractivity contribution in [2.45, 2.75) is 39.2 Å². The van der Waals surface area contributed by atoms with Crippen LogP contribution in [0.4, 0.5) is 0 Å². The van der Waals surface area contributed by atoms with Crippen molar-refractivity contribution in [1.82, 2.24) is 9.97 Å². The largest absolute Gasteiger partial charge is 0.490 e. The fraction of sp³-hybridized carbons (Fsp3) is 0.316. The van der Waals surface area contributed by atoms with Gasteiger partial charge in [0.2, 0.25) is 0 Å². The van der Waals surface area contributed by atoms with E-state index in [1.54, 1.807) is 0 Å². The Balaban J connectivity index is 2.13. The summed E-state index contributed by atoms with van der Waals surface area (Å²) in [7, 11) is 0. The van der Waals surface area contributed by atoms with Gasteiger partial charge >= 0.3 is 0 Å². The van der Waals surface area contributed by atoms with E-state index in [1.165, 1.54) is 16.5 Å². The molecule has 3 aromatic rings. The second kappa shape index (κ2) is 6.22. The Bertz CT molecular complexity index is 746. The van der Waals surface area contributed by atoms with Crippen LogP contribution in [0.3, 0.4) is 0 Å². The number of hydrogen-bond acceptors (Lipinski definition) is 2. The molecular weight excluding hydrogens is 272 g/mol. The summed E-state index contributed by atoms with van der Waals surface area (Å²) in [5.41, 5.74) is 3.64. The molecule has 1 atom stereocenters. The highest BCUT2D eigenvalue weighted by molar-refractivity contribution is 5.90. The predicted molar refractivity (Wildman–Crippen MR) is 90.4 cm³/mol. The Labute approximate surface area is 131 Å². The lowest BCUT2D eigenvalue weighted by molar-refractivity contribution is 0.245. The summed E-state index contributed by atoms with van der Waals surface area (Å²) >= 11 is 0. The Hall–Kier alpha value is -2.29. The Morgan fingerprint density at radius 1 is 1.18 bits per heavy atom. The van der Waals surface area contributed by atoms with Crippen LogP contribution in [-0.4, -0.2) is 16.1 Å². The van der Waals surface area contributed by atoms with Crippen LogP contribution in [0, 0.1) is 0 Å². The van der Waals surface area contributed by atoms with E-state index in [2.05, 4.69) is 55.1 Å². The molecule has 0 aliphatic heterocycles. The Kier molecular flexibility index (Phi) is 4.14. The van der Waals surface area contributed by atoms with E-state index in [1.807, 2.05) is 24.5 Å². The summed E-state index contributed by atoms with van der Waals surface area (Å²) in [5, 5.41) is 1.19. The van der Waals surface area contributed by atoms with Gasteiger partial charge in [0.15, 0.2) is 0 Å². The van der Waals surface area contributed by atoms with Crippen molar-refractivity contribution < 1.29 is 4.74 Å². The first-order valence-electron chi connectivity index (χ1n) is 7.87. The van der Waals surface area contributed by atoms with Gasteiger partial charge in [0, 0.05) is 35.4 Å². The van der Waals surface area contributed by atoms with Crippen molar-refractivity contribution in [2.75, 3.05) is 0 Å². The molecule has 3 rings (SSSR count). The normalized spacial score (nSPS) is 12.7. The molecule has 0 saturated carbocycles. The summed E-state index contributed by atoms with van der Waals surface area (Å²) in [6.07, 6.45) is 7.07. The van der Waals surface area contributed by atoms with Crippen LogP contribution in [0.2, 0.25) is 0 Å². The number of benzene rings is 1. The summed E-state index contributed by atoms with van der Waals surface area (Å²) in [5.74, 6) is 1.27. The van der Waals surface area contributed by atoms with Crippen molar-refractivity contribution in [3.63, 3.8) is 0 Å². The predicted octanol–water partition coefficient (Wildman–Crippen LogP) is 4.89. The maximum absolute atomic E-state index is 6.02. The molecule has 0 radical (unpaired) electrons. The molecule has 114 valence electrons. The third kappa shape index (κ3) is 2.71. The van der Waals surface area contributed by atoms with Gasteiger partial charge in [-0.15, -0.1) is 0 Å². The molecule has 22 heavy (non-hydrogen) atoms. The minimum absolute atomic E-state index is 0.159. The van der Waals surface area contributed by atoms with Gasteiger partial charge in [-0.1, -0.05) is 19.1 Å². The minimum atomic E-state index is 0.159. The third-order valence-electron chi connectivity index (χ3n) is 3.93. The van der Waals surface area contributed by atoms with E-state index in [0.717, 1.165) is 17.7 Å². The van der Waals surface area contributed by atoms with Gasteiger partial charge in [-0.05, 0) is 49.6 Å². The van der Waals surface area contributed by atoms with E-state index in [4.69, 9.17) is 4.74 Å². The SMILES string of the molecule is CCC(c1cccnc1)c1c[nH]c2cccc(OC(C)C)c12. The molecule has 1 aromatic carbocycles. The Morgan fingerprint density at radius 2 is 2.05 bits per heavy atom. The van der Waals surface area contributed by atoms with Crippen molar-refractivity contribution in [2.24, 2.45) is 0 Å². The lowest BCUT2D eigenvalue weighted by Crippen LogP contribution is -2.06. The highest BCUT2D eigenvalue weighted by Crippen LogP contribution is 2.37. The van der Waals surface area contributed by atoms with Crippen molar-refractivity contribution >= 4 is 10.9 Å². The van der Waals surface area contributed by atoms with Gasteiger partial charge < -0.3 is 9.72 Å². The van der Waals surface area contributed by atoms with Gasteiger partial charge in [-0.2, -0.15) is 0 Å². The first kappa shape index (κ1) is 14.6. The number of nitrogens with zero attached hydrogens (tertiary/aromatic N) is 1. The number of aromatic nitrogens is 2. The maximum atomic E-state index is 6.02. The number of ether oxygens (including phenoxy) is 1. The topological polar surface area (TPSA) is 37.9 Å². The van der Waals surface area contributed by atoms with Crippen LogP contribution in [-0.2, 0) is 0 Å². The molecule has 0 bridgehead atoms. The average molecular weight is 294 g/mol. The molecular formula is C19H22N2O. The number of H-pyrrole nitrogens is 1. The van der Waals surface area contributed by atoms with E-state index in [0.29, 0.717) is 5.92 Å². The fourth-order valence-corrected chi connectivity index (χ4v) is 3.02. The molecule has 0 amide bonds. The molecule has 0 spiro atoms. The lowest BCUT2D eigenvalue weighted by Gasteiger charge is -2.17. The highest BCUT2D eigenvalue weighted by atomic mass is 16.5. The fourth-order valence-electron chi connectivity index (χ4n) is 3.02. The van der Waals surface area contributed by atoms with Gasteiger partial charge in [0.1, 0.15) is 5.75 Å². The monoisotopic (exact) mass is 294 g/mol.